The first kappa shape index (κ1) is 19.6. The molecule has 0 heterocycles. The summed E-state index contributed by atoms with van der Waals surface area (Å²) in [6.07, 6.45) is 4.43. The van der Waals surface area contributed by atoms with Gasteiger partial charge < -0.3 is 5.73 Å². The summed E-state index contributed by atoms with van der Waals surface area (Å²) in [5.41, 5.74) is 8.98. The molecule has 4 atom stereocenters. The molecule has 1 fully saturated rings. The molecule has 0 aliphatic heterocycles. The van der Waals surface area contributed by atoms with E-state index in [0.29, 0.717) is 24.2 Å². The molecule has 2 N–H and O–H groups in total. The number of hydrogen-bond acceptors (Lipinski definition) is 2. The van der Waals surface area contributed by atoms with Crippen LogP contribution in [0.1, 0.15) is 42.7 Å². The first-order chi connectivity index (χ1) is 14.1. The third-order valence-corrected chi connectivity index (χ3v) is 6.57. The molecule has 3 aromatic carbocycles. The predicted molar refractivity (Wildman–Crippen MR) is 116 cm³/mol. The Labute approximate surface area is 172 Å². The molecule has 1 unspecified atom stereocenters. The molecular formula is C26H27FN2. The topological polar surface area (TPSA) is 49.8 Å². The Morgan fingerprint density at radius 2 is 1.76 bits per heavy atom. The lowest BCUT2D eigenvalue weighted by molar-refractivity contribution is 0.206. The minimum absolute atomic E-state index is 0.0409. The summed E-state index contributed by atoms with van der Waals surface area (Å²) in [6, 6.07) is 24.2. The summed E-state index contributed by atoms with van der Waals surface area (Å²) >= 11 is 0. The molecule has 0 aromatic heterocycles. The van der Waals surface area contributed by atoms with Crippen LogP contribution in [0.3, 0.4) is 0 Å². The van der Waals surface area contributed by atoms with Gasteiger partial charge in [0, 0.05) is 12.5 Å². The number of nitrogens with zero attached hydrogens (tertiary/aromatic N) is 1. The fourth-order valence-corrected chi connectivity index (χ4v) is 4.97. The van der Waals surface area contributed by atoms with Gasteiger partial charge in [-0.15, -0.1) is 0 Å². The summed E-state index contributed by atoms with van der Waals surface area (Å²) in [7, 11) is 0. The quantitative estimate of drug-likeness (QED) is 0.588. The van der Waals surface area contributed by atoms with Crippen molar-refractivity contribution in [3.05, 3.63) is 83.7 Å². The first-order valence-electron chi connectivity index (χ1n) is 10.5. The second kappa shape index (κ2) is 8.76. The van der Waals surface area contributed by atoms with E-state index in [2.05, 4.69) is 48.5 Å². The van der Waals surface area contributed by atoms with Gasteiger partial charge in [0.15, 0.2) is 0 Å². The van der Waals surface area contributed by atoms with E-state index in [1.807, 2.05) is 12.1 Å². The maximum Gasteiger partial charge on any atom is 0.123 e. The lowest BCUT2D eigenvalue weighted by atomic mass is 9.68. The standard InChI is InChI=1S/C26H27FN2/c27-24-10-5-18(6-11-24)15-26(29)23-9-12-25(22(17-23)13-14-28)21-8-7-19-3-1-2-4-20(19)16-21/h1-8,10-11,16,22-23,25-26H,9,12-13,15,17,29H2/t22-,23?,25-,26-/m0/s1. The van der Waals surface area contributed by atoms with Gasteiger partial charge in [0.25, 0.3) is 0 Å². The van der Waals surface area contributed by atoms with E-state index in [4.69, 9.17) is 5.73 Å². The first-order valence-corrected chi connectivity index (χ1v) is 10.5. The summed E-state index contributed by atoms with van der Waals surface area (Å²) in [5.74, 6) is 0.926. The lowest BCUT2D eigenvalue weighted by Crippen LogP contribution is -2.37. The smallest absolute Gasteiger partial charge is 0.123 e. The maximum atomic E-state index is 13.2. The maximum absolute atomic E-state index is 13.2. The van der Waals surface area contributed by atoms with E-state index in [1.54, 1.807) is 0 Å². The van der Waals surface area contributed by atoms with E-state index >= 15 is 0 Å². The zero-order valence-corrected chi connectivity index (χ0v) is 16.6. The van der Waals surface area contributed by atoms with E-state index in [9.17, 15) is 9.65 Å². The fraction of sp³-hybridized carbons (Fsp3) is 0.346. The van der Waals surface area contributed by atoms with Crippen LogP contribution >= 0.6 is 0 Å². The Hall–Kier alpha value is -2.70. The van der Waals surface area contributed by atoms with Gasteiger partial charge in [-0.05, 0) is 77.5 Å². The van der Waals surface area contributed by atoms with Crippen molar-refractivity contribution in [1.29, 1.82) is 5.26 Å². The van der Waals surface area contributed by atoms with Crippen LogP contribution in [-0.4, -0.2) is 6.04 Å². The highest BCUT2D eigenvalue weighted by Crippen LogP contribution is 2.43. The molecule has 148 valence electrons. The van der Waals surface area contributed by atoms with Crippen LogP contribution in [0.15, 0.2) is 66.7 Å². The molecular weight excluding hydrogens is 359 g/mol. The number of fused-ring (bicyclic) bond motifs is 1. The Bertz CT molecular complexity index is 1010. The number of benzene rings is 3. The monoisotopic (exact) mass is 386 g/mol. The van der Waals surface area contributed by atoms with Crippen molar-refractivity contribution in [1.82, 2.24) is 0 Å². The Morgan fingerprint density at radius 1 is 1.00 bits per heavy atom. The molecule has 29 heavy (non-hydrogen) atoms. The van der Waals surface area contributed by atoms with Crippen molar-refractivity contribution < 1.29 is 4.39 Å². The van der Waals surface area contributed by atoms with Gasteiger partial charge in [-0.3, -0.25) is 0 Å². The van der Waals surface area contributed by atoms with Gasteiger partial charge in [0.05, 0.1) is 6.07 Å². The molecule has 1 aliphatic carbocycles. The van der Waals surface area contributed by atoms with Crippen LogP contribution < -0.4 is 5.73 Å². The van der Waals surface area contributed by atoms with Crippen molar-refractivity contribution in [2.45, 2.75) is 44.1 Å². The van der Waals surface area contributed by atoms with Crippen LogP contribution in [0.4, 0.5) is 4.39 Å². The van der Waals surface area contributed by atoms with Crippen molar-refractivity contribution in [3.63, 3.8) is 0 Å². The van der Waals surface area contributed by atoms with Crippen LogP contribution in [0.5, 0.6) is 0 Å². The van der Waals surface area contributed by atoms with Crippen molar-refractivity contribution in [3.8, 4) is 6.07 Å². The Morgan fingerprint density at radius 3 is 2.52 bits per heavy atom. The molecule has 0 saturated heterocycles. The van der Waals surface area contributed by atoms with Gasteiger partial charge in [-0.2, -0.15) is 5.26 Å². The highest BCUT2D eigenvalue weighted by Gasteiger charge is 2.34. The summed E-state index contributed by atoms with van der Waals surface area (Å²) in [5, 5.41) is 11.9. The second-order valence-corrected chi connectivity index (χ2v) is 8.40. The van der Waals surface area contributed by atoms with E-state index in [0.717, 1.165) is 31.2 Å². The minimum atomic E-state index is -0.215. The molecule has 0 radical (unpaired) electrons. The molecule has 4 rings (SSSR count). The highest BCUT2D eigenvalue weighted by atomic mass is 19.1. The number of hydrogen-bond donors (Lipinski definition) is 1. The summed E-state index contributed by atoms with van der Waals surface area (Å²) in [4.78, 5) is 0. The van der Waals surface area contributed by atoms with Crippen LogP contribution in [-0.2, 0) is 6.42 Å². The number of halogens is 1. The molecule has 0 spiro atoms. The van der Waals surface area contributed by atoms with Gasteiger partial charge in [-0.25, -0.2) is 4.39 Å². The van der Waals surface area contributed by atoms with E-state index in [-0.39, 0.29) is 11.9 Å². The summed E-state index contributed by atoms with van der Waals surface area (Å²) in [6.45, 7) is 0. The molecule has 3 heteroatoms. The molecule has 0 bridgehead atoms. The van der Waals surface area contributed by atoms with Gasteiger partial charge >= 0.3 is 0 Å². The van der Waals surface area contributed by atoms with Crippen molar-refractivity contribution in [2.24, 2.45) is 17.6 Å². The molecule has 3 aromatic rings. The predicted octanol–water partition coefficient (Wildman–Crippen LogP) is 5.96. The third-order valence-electron chi connectivity index (χ3n) is 6.57. The zero-order chi connectivity index (χ0) is 20.2. The SMILES string of the molecule is N#CC[C@H]1CC([C@@H](N)Cc2ccc(F)cc2)CC[C@H]1c1ccc2ccccc2c1. The lowest BCUT2D eigenvalue weighted by Gasteiger charge is -2.38. The van der Waals surface area contributed by atoms with Gasteiger partial charge in [-0.1, -0.05) is 54.6 Å². The zero-order valence-electron chi connectivity index (χ0n) is 16.6. The number of nitrogens with two attached hydrogens (primary N) is 1. The Balaban J connectivity index is 1.49. The van der Waals surface area contributed by atoms with Crippen LogP contribution in [0, 0.1) is 29.0 Å². The highest BCUT2D eigenvalue weighted by molar-refractivity contribution is 5.83. The van der Waals surface area contributed by atoms with Crippen LogP contribution in [0.2, 0.25) is 0 Å². The molecule has 0 amide bonds. The van der Waals surface area contributed by atoms with E-state index in [1.165, 1.54) is 28.5 Å². The summed E-state index contributed by atoms with van der Waals surface area (Å²) < 4.78 is 13.2. The van der Waals surface area contributed by atoms with E-state index < -0.39 is 0 Å². The van der Waals surface area contributed by atoms with Gasteiger partial charge in [0.2, 0.25) is 0 Å². The largest absolute Gasteiger partial charge is 0.327 e. The number of nitriles is 1. The molecule has 1 aliphatic rings. The van der Waals surface area contributed by atoms with Crippen molar-refractivity contribution >= 4 is 10.8 Å². The third kappa shape index (κ3) is 4.49. The molecule has 1 saturated carbocycles. The van der Waals surface area contributed by atoms with Crippen molar-refractivity contribution in [2.75, 3.05) is 0 Å². The Kier molecular flexibility index (Phi) is 5.92. The van der Waals surface area contributed by atoms with Gasteiger partial charge in [0.1, 0.15) is 5.82 Å². The fourth-order valence-electron chi connectivity index (χ4n) is 4.97. The van der Waals surface area contributed by atoms with Crippen LogP contribution in [0.25, 0.3) is 10.8 Å². The average Bonchev–Trinajstić information content (AvgIpc) is 2.75. The minimum Gasteiger partial charge on any atom is -0.327 e. The molecule has 2 nitrogen and oxygen atoms in total. The average molecular weight is 387 g/mol. The normalized spacial score (nSPS) is 22.9. The number of rotatable bonds is 5. The second-order valence-electron chi connectivity index (χ2n) is 8.40.